The lowest BCUT2D eigenvalue weighted by Gasteiger charge is -2.18. The van der Waals surface area contributed by atoms with Crippen LogP contribution in [0.25, 0.3) is 0 Å². The van der Waals surface area contributed by atoms with Crippen molar-refractivity contribution >= 4 is 11.8 Å². The zero-order valence-corrected chi connectivity index (χ0v) is 9.86. The Morgan fingerprint density at radius 1 is 1.44 bits per heavy atom. The molecule has 94 valence electrons. The van der Waals surface area contributed by atoms with Crippen LogP contribution in [0.5, 0.6) is 0 Å². The Kier molecular flexibility index (Phi) is 8.46. The number of ether oxygens (including phenoxy) is 1. The molecule has 0 aromatic heterocycles. The van der Waals surface area contributed by atoms with Gasteiger partial charge >= 0.3 is 11.8 Å². The third kappa shape index (κ3) is 5.67. The number of aliphatic hydroxyl groups is 1. The molecule has 0 bridgehead atoms. The molecule has 0 unspecified atom stereocenters. The maximum atomic E-state index is 11.5. The molecule has 0 radical (unpaired) electrons. The molecule has 6 nitrogen and oxygen atoms in total. The Morgan fingerprint density at radius 2 is 2.12 bits per heavy atom. The Morgan fingerprint density at radius 3 is 2.62 bits per heavy atom. The second-order valence-corrected chi connectivity index (χ2v) is 3.21. The number of hydrogen-bond acceptors (Lipinski definition) is 4. The molecular formula is C10H20N2O4. The lowest BCUT2D eigenvalue weighted by molar-refractivity contribution is -0.146. The summed E-state index contributed by atoms with van der Waals surface area (Å²) in [4.78, 5) is 24.2. The molecule has 2 N–H and O–H groups in total. The van der Waals surface area contributed by atoms with Gasteiger partial charge in [0.2, 0.25) is 0 Å². The van der Waals surface area contributed by atoms with Gasteiger partial charge in [-0.1, -0.05) is 0 Å². The highest BCUT2D eigenvalue weighted by Gasteiger charge is 2.19. The van der Waals surface area contributed by atoms with Gasteiger partial charge in [-0.3, -0.25) is 9.59 Å². The SMILES string of the molecule is CCN(CCO)C(=O)C(=O)NCCCOC. The number of likely N-dealkylation sites (N-methyl/N-ethyl adjacent to an activating group) is 1. The van der Waals surface area contributed by atoms with E-state index in [1.807, 2.05) is 0 Å². The summed E-state index contributed by atoms with van der Waals surface area (Å²) in [6, 6.07) is 0. The minimum absolute atomic E-state index is 0.142. The van der Waals surface area contributed by atoms with Gasteiger partial charge in [-0.2, -0.15) is 0 Å². The molecule has 6 heteroatoms. The summed E-state index contributed by atoms with van der Waals surface area (Å²) >= 11 is 0. The molecule has 0 aliphatic heterocycles. The standard InChI is InChI=1S/C10H20N2O4/c1-3-12(6-7-13)10(15)9(14)11-5-4-8-16-2/h13H,3-8H2,1-2H3,(H,11,14). The van der Waals surface area contributed by atoms with E-state index < -0.39 is 11.8 Å². The fourth-order valence-electron chi connectivity index (χ4n) is 1.16. The molecular weight excluding hydrogens is 212 g/mol. The zero-order valence-electron chi connectivity index (χ0n) is 9.86. The quantitative estimate of drug-likeness (QED) is 0.435. The lowest BCUT2D eigenvalue weighted by atomic mass is 10.4. The van der Waals surface area contributed by atoms with E-state index in [4.69, 9.17) is 9.84 Å². The fraction of sp³-hybridized carbons (Fsp3) is 0.800. The lowest BCUT2D eigenvalue weighted by Crippen LogP contribution is -2.44. The number of hydrogen-bond donors (Lipinski definition) is 2. The van der Waals surface area contributed by atoms with Crippen LogP contribution in [0.2, 0.25) is 0 Å². The maximum absolute atomic E-state index is 11.5. The molecule has 0 saturated heterocycles. The topological polar surface area (TPSA) is 78.9 Å². The van der Waals surface area contributed by atoms with Crippen LogP contribution in [0, 0.1) is 0 Å². The number of nitrogens with one attached hydrogen (secondary N) is 1. The van der Waals surface area contributed by atoms with Crippen molar-refractivity contribution in [2.75, 3.05) is 40.0 Å². The maximum Gasteiger partial charge on any atom is 0.311 e. The van der Waals surface area contributed by atoms with Crippen LogP contribution >= 0.6 is 0 Å². The molecule has 0 aliphatic carbocycles. The van der Waals surface area contributed by atoms with E-state index >= 15 is 0 Å². The minimum Gasteiger partial charge on any atom is -0.395 e. The normalized spacial score (nSPS) is 9.94. The van der Waals surface area contributed by atoms with Gasteiger partial charge in [0.15, 0.2) is 0 Å². The summed E-state index contributed by atoms with van der Waals surface area (Å²) in [7, 11) is 1.58. The monoisotopic (exact) mass is 232 g/mol. The van der Waals surface area contributed by atoms with Crippen LogP contribution in [-0.4, -0.2) is 61.8 Å². The Hall–Kier alpha value is -1.14. The van der Waals surface area contributed by atoms with Gasteiger partial charge in [-0.15, -0.1) is 0 Å². The first-order valence-electron chi connectivity index (χ1n) is 5.34. The van der Waals surface area contributed by atoms with Crippen molar-refractivity contribution in [2.45, 2.75) is 13.3 Å². The molecule has 0 atom stereocenters. The number of aliphatic hydroxyl groups excluding tert-OH is 1. The molecule has 0 spiro atoms. The number of nitrogens with zero attached hydrogens (tertiary/aromatic N) is 1. The van der Waals surface area contributed by atoms with E-state index in [0.717, 1.165) is 0 Å². The van der Waals surface area contributed by atoms with Gasteiger partial charge in [0.1, 0.15) is 0 Å². The van der Waals surface area contributed by atoms with Crippen molar-refractivity contribution < 1.29 is 19.4 Å². The minimum atomic E-state index is -0.633. The van der Waals surface area contributed by atoms with Gasteiger partial charge in [0, 0.05) is 33.4 Å². The van der Waals surface area contributed by atoms with Crippen LogP contribution in [0.3, 0.4) is 0 Å². The zero-order chi connectivity index (χ0) is 12.4. The predicted octanol–water partition coefficient (Wildman–Crippen LogP) is -1.02. The molecule has 0 fully saturated rings. The largest absolute Gasteiger partial charge is 0.395 e. The first-order chi connectivity index (χ1) is 7.67. The van der Waals surface area contributed by atoms with E-state index in [1.165, 1.54) is 4.90 Å². The Balaban J connectivity index is 3.91. The van der Waals surface area contributed by atoms with E-state index in [-0.39, 0.29) is 13.2 Å². The third-order valence-electron chi connectivity index (χ3n) is 2.04. The molecule has 0 aliphatic rings. The fourth-order valence-corrected chi connectivity index (χ4v) is 1.16. The molecule has 2 amide bonds. The second kappa shape index (κ2) is 9.11. The highest BCUT2D eigenvalue weighted by molar-refractivity contribution is 6.34. The van der Waals surface area contributed by atoms with E-state index in [1.54, 1.807) is 14.0 Å². The van der Waals surface area contributed by atoms with Gasteiger partial charge in [-0.25, -0.2) is 0 Å². The van der Waals surface area contributed by atoms with E-state index in [0.29, 0.717) is 26.1 Å². The number of carbonyl (C=O) groups excluding carboxylic acids is 2. The van der Waals surface area contributed by atoms with Crippen molar-refractivity contribution in [3.8, 4) is 0 Å². The summed E-state index contributed by atoms with van der Waals surface area (Å²) in [6.07, 6.45) is 0.668. The number of rotatable bonds is 7. The third-order valence-corrected chi connectivity index (χ3v) is 2.04. The van der Waals surface area contributed by atoms with Crippen LogP contribution in [0.1, 0.15) is 13.3 Å². The molecule has 0 heterocycles. The highest BCUT2D eigenvalue weighted by Crippen LogP contribution is 1.89. The first kappa shape index (κ1) is 14.9. The van der Waals surface area contributed by atoms with Crippen molar-refractivity contribution in [1.29, 1.82) is 0 Å². The van der Waals surface area contributed by atoms with Gasteiger partial charge in [-0.05, 0) is 13.3 Å². The number of methoxy groups -OCH3 is 1. The Labute approximate surface area is 95.6 Å². The van der Waals surface area contributed by atoms with Gasteiger partial charge in [0.05, 0.1) is 6.61 Å². The molecule has 16 heavy (non-hydrogen) atoms. The average molecular weight is 232 g/mol. The number of carbonyl (C=O) groups is 2. The van der Waals surface area contributed by atoms with Crippen LogP contribution < -0.4 is 5.32 Å². The highest BCUT2D eigenvalue weighted by atomic mass is 16.5. The summed E-state index contributed by atoms with van der Waals surface area (Å²) in [6.45, 7) is 3.16. The molecule has 0 saturated carbocycles. The van der Waals surface area contributed by atoms with Gasteiger partial charge < -0.3 is 20.1 Å². The van der Waals surface area contributed by atoms with Gasteiger partial charge in [0.25, 0.3) is 0 Å². The Bertz CT molecular complexity index is 221. The second-order valence-electron chi connectivity index (χ2n) is 3.21. The summed E-state index contributed by atoms with van der Waals surface area (Å²) in [5.74, 6) is -1.24. The summed E-state index contributed by atoms with van der Waals surface area (Å²) in [5.41, 5.74) is 0. The molecule has 0 rings (SSSR count). The van der Waals surface area contributed by atoms with E-state index in [9.17, 15) is 9.59 Å². The van der Waals surface area contributed by atoms with Crippen molar-refractivity contribution in [3.63, 3.8) is 0 Å². The predicted molar refractivity (Wildman–Crippen MR) is 58.8 cm³/mol. The van der Waals surface area contributed by atoms with Crippen LogP contribution in [0.4, 0.5) is 0 Å². The summed E-state index contributed by atoms with van der Waals surface area (Å²) in [5, 5.41) is 11.2. The smallest absolute Gasteiger partial charge is 0.311 e. The van der Waals surface area contributed by atoms with Crippen molar-refractivity contribution in [2.24, 2.45) is 0 Å². The average Bonchev–Trinajstić information content (AvgIpc) is 2.30. The van der Waals surface area contributed by atoms with Crippen LogP contribution in [0.15, 0.2) is 0 Å². The first-order valence-corrected chi connectivity index (χ1v) is 5.34. The number of amides is 2. The van der Waals surface area contributed by atoms with Crippen molar-refractivity contribution in [3.05, 3.63) is 0 Å². The van der Waals surface area contributed by atoms with Crippen LogP contribution in [-0.2, 0) is 14.3 Å². The summed E-state index contributed by atoms with van der Waals surface area (Å²) < 4.78 is 4.81. The van der Waals surface area contributed by atoms with Crippen molar-refractivity contribution in [1.82, 2.24) is 10.2 Å². The molecule has 0 aromatic rings. The van der Waals surface area contributed by atoms with E-state index in [2.05, 4.69) is 5.32 Å². The molecule has 0 aromatic carbocycles.